The van der Waals surface area contributed by atoms with E-state index in [1.807, 2.05) is 24.3 Å². The predicted molar refractivity (Wildman–Crippen MR) is 117 cm³/mol. The van der Waals surface area contributed by atoms with E-state index in [0.29, 0.717) is 29.6 Å². The summed E-state index contributed by atoms with van der Waals surface area (Å²) in [6, 6.07) is 8.56. The molecular formula is C23H23ClN4O4. The Hall–Kier alpha value is -3.39. The highest BCUT2D eigenvalue weighted by molar-refractivity contribution is 6.30. The normalized spacial score (nSPS) is 16.0. The molecule has 1 unspecified atom stereocenters. The van der Waals surface area contributed by atoms with Crippen molar-refractivity contribution in [3.8, 4) is 5.75 Å². The molecule has 8 nitrogen and oxygen atoms in total. The molecule has 32 heavy (non-hydrogen) atoms. The highest BCUT2D eigenvalue weighted by atomic mass is 35.5. The maximum absolute atomic E-state index is 12.9. The van der Waals surface area contributed by atoms with Gasteiger partial charge in [-0.05, 0) is 43.0 Å². The molecule has 4 rings (SSSR count). The number of halogens is 1. The van der Waals surface area contributed by atoms with Gasteiger partial charge in [-0.1, -0.05) is 23.7 Å². The topological polar surface area (TPSA) is 109 Å². The Morgan fingerprint density at radius 2 is 2.00 bits per heavy atom. The minimum atomic E-state index is -0.475. The van der Waals surface area contributed by atoms with Gasteiger partial charge in [-0.15, -0.1) is 0 Å². The van der Waals surface area contributed by atoms with Gasteiger partial charge >= 0.3 is 0 Å². The van der Waals surface area contributed by atoms with E-state index >= 15 is 0 Å². The van der Waals surface area contributed by atoms with Crippen molar-refractivity contribution in [2.45, 2.75) is 31.7 Å². The number of aromatic hydroxyl groups is 1. The molecule has 2 N–H and O–H groups in total. The zero-order chi connectivity index (χ0) is 22.5. The maximum Gasteiger partial charge on any atom is 0.253 e. The fourth-order valence-corrected chi connectivity index (χ4v) is 3.89. The van der Waals surface area contributed by atoms with Gasteiger partial charge in [-0.3, -0.25) is 14.6 Å². The molecule has 0 radical (unpaired) electrons. The van der Waals surface area contributed by atoms with Crippen molar-refractivity contribution in [1.29, 1.82) is 0 Å². The molecule has 1 fully saturated rings. The van der Waals surface area contributed by atoms with Gasteiger partial charge in [0.05, 0.1) is 24.5 Å². The van der Waals surface area contributed by atoms with E-state index in [4.69, 9.17) is 16.0 Å². The second-order valence-electron chi connectivity index (χ2n) is 7.68. The maximum atomic E-state index is 12.9. The van der Waals surface area contributed by atoms with Crippen LogP contribution < -0.4 is 5.32 Å². The van der Waals surface area contributed by atoms with Crippen LogP contribution in [0, 0.1) is 0 Å². The summed E-state index contributed by atoms with van der Waals surface area (Å²) in [7, 11) is 0. The van der Waals surface area contributed by atoms with E-state index in [9.17, 15) is 14.7 Å². The van der Waals surface area contributed by atoms with Gasteiger partial charge in [0.1, 0.15) is 17.6 Å². The first-order chi connectivity index (χ1) is 15.5. The monoisotopic (exact) mass is 454 g/mol. The quantitative estimate of drug-likeness (QED) is 0.590. The number of piperidine rings is 1. The number of hydrogen-bond donors (Lipinski definition) is 2. The smallest absolute Gasteiger partial charge is 0.253 e. The molecule has 9 heteroatoms. The summed E-state index contributed by atoms with van der Waals surface area (Å²) in [4.78, 5) is 35.1. The number of carbonyl (C=O) groups is 2. The van der Waals surface area contributed by atoms with E-state index in [1.54, 1.807) is 11.1 Å². The summed E-state index contributed by atoms with van der Waals surface area (Å²) in [6.45, 7) is 0.408. The molecule has 166 valence electrons. The van der Waals surface area contributed by atoms with Gasteiger partial charge in [0.15, 0.2) is 0 Å². The van der Waals surface area contributed by atoms with Crippen molar-refractivity contribution < 1.29 is 19.1 Å². The van der Waals surface area contributed by atoms with Crippen LogP contribution in [0.3, 0.4) is 0 Å². The van der Waals surface area contributed by atoms with Crippen LogP contribution in [0.2, 0.25) is 5.02 Å². The third-order valence-corrected chi connectivity index (χ3v) is 5.61. The number of carbonyl (C=O) groups excluding carboxylic acids is 2. The van der Waals surface area contributed by atoms with Crippen molar-refractivity contribution in [2.24, 2.45) is 0 Å². The number of likely N-dealkylation sites (tertiary alicyclic amines) is 1. The molecule has 0 saturated carbocycles. The van der Waals surface area contributed by atoms with Crippen molar-refractivity contribution in [3.05, 3.63) is 76.7 Å². The van der Waals surface area contributed by atoms with Crippen molar-refractivity contribution in [3.63, 3.8) is 0 Å². The van der Waals surface area contributed by atoms with Gasteiger partial charge in [0, 0.05) is 24.2 Å². The molecular weight excluding hydrogens is 432 g/mol. The van der Waals surface area contributed by atoms with Crippen molar-refractivity contribution in [1.82, 2.24) is 20.2 Å². The van der Waals surface area contributed by atoms with E-state index in [0.717, 1.165) is 24.8 Å². The summed E-state index contributed by atoms with van der Waals surface area (Å²) in [5.41, 5.74) is 1.24. The lowest BCUT2D eigenvalue weighted by Crippen LogP contribution is -2.44. The molecule has 1 aromatic carbocycles. The molecule has 0 spiro atoms. The molecule has 2 amide bonds. The van der Waals surface area contributed by atoms with Gasteiger partial charge in [-0.2, -0.15) is 0 Å². The summed E-state index contributed by atoms with van der Waals surface area (Å²) >= 11 is 5.94. The highest BCUT2D eigenvalue weighted by Gasteiger charge is 2.31. The van der Waals surface area contributed by atoms with E-state index in [-0.39, 0.29) is 29.8 Å². The summed E-state index contributed by atoms with van der Waals surface area (Å²) in [5.74, 6) is 0.416. The lowest BCUT2D eigenvalue weighted by molar-refractivity contribution is -0.134. The Labute approximate surface area is 190 Å². The first-order valence-corrected chi connectivity index (χ1v) is 10.8. The predicted octanol–water partition coefficient (Wildman–Crippen LogP) is 3.50. The summed E-state index contributed by atoms with van der Waals surface area (Å²) in [5, 5.41) is 12.7. The fraction of sp³-hybridized carbons (Fsp3) is 0.304. The zero-order valence-electron chi connectivity index (χ0n) is 17.3. The number of pyridine rings is 1. The van der Waals surface area contributed by atoms with Crippen LogP contribution in [-0.2, 0) is 11.2 Å². The van der Waals surface area contributed by atoms with Crippen LogP contribution in [-0.4, -0.2) is 44.9 Å². The van der Waals surface area contributed by atoms with Crippen LogP contribution in [0.5, 0.6) is 5.75 Å². The molecule has 3 aromatic rings. The first kappa shape index (κ1) is 21.8. The third kappa shape index (κ3) is 5.26. The lowest BCUT2D eigenvalue weighted by Gasteiger charge is -2.33. The lowest BCUT2D eigenvalue weighted by atomic mass is 10.0. The zero-order valence-corrected chi connectivity index (χ0v) is 18.1. The summed E-state index contributed by atoms with van der Waals surface area (Å²) in [6.07, 6.45) is 7.43. The van der Waals surface area contributed by atoms with E-state index < -0.39 is 5.91 Å². The molecule has 1 atom stereocenters. The average Bonchev–Trinajstić information content (AvgIpc) is 3.27. The van der Waals surface area contributed by atoms with Gasteiger partial charge < -0.3 is 19.7 Å². The third-order valence-electron chi connectivity index (χ3n) is 5.36. The Bertz CT molecular complexity index is 1100. The Morgan fingerprint density at radius 3 is 2.78 bits per heavy atom. The average molecular weight is 455 g/mol. The first-order valence-electron chi connectivity index (χ1n) is 10.4. The minimum absolute atomic E-state index is 0.113. The molecule has 0 bridgehead atoms. The molecule has 1 aliphatic heterocycles. The summed E-state index contributed by atoms with van der Waals surface area (Å²) < 4.78 is 5.98. The van der Waals surface area contributed by atoms with E-state index in [2.05, 4.69) is 15.3 Å². The number of nitrogens with zero attached hydrogens (tertiary/aromatic N) is 3. The van der Waals surface area contributed by atoms with Crippen LogP contribution in [0.25, 0.3) is 0 Å². The number of aromatic nitrogens is 2. The van der Waals surface area contributed by atoms with Gasteiger partial charge in [-0.25, -0.2) is 4.98 Å². The van der Waals surface area contributed by atoms with Gasteiger partial charge in [0.2, 0.25) is 11.8 Å². The standard InChI is InChI=1S/C23H23ClN4O4/c24-17-6-4-15(5-7-17)9-19-13-27-23(32-19)20-3-1-2-8-28(20)21(30)14-26-22(31)16-10-18(29)12-25-11-16/h4-7,10-13,20,29H,1-3,8-9,14H2,(H,26,31). The fourth-order valence-electron chi connectivity index (χ4n) is 3.76. The largest absolute Gasteiger partial charge is 0.506 e. The molecule has 1 aliphatic rings. The number of hydrogen-bond acceptors (Lipinski definition) is 6. The number of benzene rings is 1. The molecule has 2 aromatic heterocycles. The van der Waals surface area contributed by atoms with Gasteiger partial charge in [0.25, 0.3) is 5.91 Å². The molecule has 1 saturated heterocycles. The van der Waals surface area contributed by atoms with Crippen LogP contribution >= 0.6 is 11.6 Å². The van der Waals surface area contributed by atoms with Crippen molar-refractivity contribution >= 4 is 23.4 Å². The number of amides is 2. The Balaban J connectivity index is 1.40. The Kier molecular flexibility index (Phi) is 6.70. The van der Waals surface area contributed by atoms with Crippen LogP contribution in [0.1, 0.15) is 52.9 Å². The minimum Gasteiger partial charge on any atom is -0.506 e. The molecule has 0 aliphatic carbocycles. The number of oxazole rings is 1. The number of nitrogens with one attached hydrogen (secondary N) is 1. The van der Waals surface area contributed by atoms with Crippen LogP contribution in [0.15, 0.2) is 53.3 Å². The van der Waals surface area contributed by atoms with Crippen LogP contribution in [0.4, 0.5) is 0 Å². The second-order valence-corrected chi connectivity index (χ2v) is 8.12. The second kappa shape index (κ2) is 9.82. The Morgan fingerprint density at radius 1 is 1.19 bits per heavy atom. The SMILES string of the molecule is O=C(NCC(=O)N1CCCCC1c1ncc(Cc2ccc(Cl)cc2)o1)c1cncc(O)c1. The highest BCUT2D eigenvalue weighted by Crippen LogP contribution is 2.31. The van der Waals surface area contributed by atoms with E-state index in [1.165, 1.54) is 18.5 Å². The number of rotatable bonds is 6. The van der Waals surface area contributed by atoms with Crippen molar-refractivity contribution in [2.75, 3.05) is 13.1 Å². The molecule has 3 heterocycles.